The third kappa shape index (κ3) is 5.52. The first-order valence-corrected chi connectivity index (χ1v) is 8.10. The molecule has 1 fully saturated rings. The number of esters is 1. The Morgan fingerprint density at radius 1 is 1.11 bits per heavy atom. The SMILES string of the molecule is CCCCN1CCC(CCCC)(OC(=O)CC)CC1. The molecule has 3 nitrogen and oxygen atoms in total. The lowest BCUT2D eigenvalue weighted by molar-refractivity contribution is -0.166. The zero-order chi connectivity index (χ0) is 14.1. The van der Waals surface area contributed by atoms with E-state index in [2.05, 4.69) is 18.7 Å². The number of unbranched alkanes of at least 4 members (excludes halogenated alkanes) is 2. The maximum absolute atomic E-state index is 11.7. The maximum atomic E-state index is 11.7. The molecule has 0 radical (unpaired) electrons. The van der Waals surface area contributed by atoms with Crippen LogP contribution in [-0.4, -0.2) is 36.1 Å². The van der Waals surface area contributed by atoms with Gasteiger partial charge in [-0.3, -0.25) is 4.79 Å². The van der Waals surface area contributed by atoms with Crippen molar-refractivity contribution < 1.29 is 9.53 Å². The van der Waals surface area contributed by atoms with Gasteiger partial charge in [-0.05, 0) is 38.6 Å². The van der Waals surface area contributed by atoms with Crippen molar-refractivity contribution in [3.63, 3.8) is 0 Å². The van der Waals surface area contributed by atoms with Crippen LogP contribution in [0.25, 0.3) is 0 Å². The summed E-state index contributed by atoms with van der Waals surface area (Å²) in [5, 5.41) is 0. The highest BCUT2D eigenvalue weighted by Gasteiger charge is 2.36. The van der Waals surface area contributed by atoms with E-state index in [1.165, 1.54) is 25.8 Å². The van der Waals surface area contributed by atoms with Gasteiger partial charge < -0.3 is 9.64 Å². The number of carbonyl (C=O) groups is 1. The molecule has 0 aromatic heterocycles. The second-order valence-corrected chi connectivity index (χ2v) is 5.81. The fraction of sp³-hybridized carbons (Fsp3) is 0.938. The van der Waals surface area contributed by atoms with E-state index >= 15 is 0 Å². The van der Waals surface area contributed by atoms with Crippen LogP contribution in [0.3, 0.4) is 0 Å². The van der Waals surface area contributed by atoms with Crippen molar-refractivity contribution in [2.75, 3.05) is 19.6 Å². The van der Waals surface area contributed by atoms with Crippen molar-refractivity contribution in [2.45, 2.75) is 77.7 Å². The van der Waals surface area contributed by atoms with Crippen LogP contribution in [0.15, 0.2) is 0 Å². The summed E-state index contributed by atoms with van der Waals surface area (Å²) in [6.07, 6.45) is 8.42. The van der Waals surface area contributed by atoms with E-state index in [0.29, 0.717) is 6.42 Å². The van der Waals surface area contributed by atoms with Gasteiger partial charge in [0.15, 0.2) is 0 Å². The number of rotatable bonds is 8. The van der Waals surface area contributed by atoms with Gasteiger partial charge in [0.05, 0.1) is 0 Å². The fourth-order valence-corrected chi connectivity index (χ4v) is 2.78. The normalized spacial score (nSPS) is 19.3. The van der Waals surface area contributed by atoms with E-state index in [-0.39, 0.29) is 11.6 Å². The van der Waals surface area contributed by atoms with Gasteiger partial charge in [0, 0.05) is 19.5 Å². The molecular formula is C16H31NO2. The second kappa shape index (κ2) is 8.57. The van der Waals surface area contributed by atoms with Crippen LogP contribution in [0.5, 0.6) is 0 Å². The minimum atomic E-state index is -0.161. The Morgan fingerprint density at radius 2 is 1.74 bits per heavy atom. The minimum Gasteiger partial charge on any atom is -0.459 e. The van der Waals surface area contributed by atoms with Gasteiger partial charge in [0.1, 0.15) is 5.60 Å². The second-order valence-electron chi connectivity index (χ2n) is 5.81. The molecule has 112 valence electrons. The first-order chi connectivity index (χ1) is 9.15. The molecule has 1 saturated heterocycles. The van der Waals surface area contributed by atoms with Crippen molar-refractivity contribution in [3.05, 3.63) is 0 Å². The summed E-state index contributed by atoms with van der Waals surface area (Å²) < 4.78 is 5.82. The standard InChI is InChI=1S/C16H31NO2/c1-4-7-9-16(19-15(18)6-3)10-13-17(14-11-16)12-8-5-2/h4-14H2,1-3H3. The summed E-state index contributed by atoms with van der Waals surface area (Å²) >= 11 is 0. The van der Waals surface area contributed by atoms with Gasteiger partial charge in [-0.25, -0.2) is 0 Å². The molecule has 3 heteroatoms. The van der Waals surface area contributed by atoms with Gasteiger partial charge in [-0.15, -0.1) is 0 Å². The Hall–Kier alpha value is -0.570. The van der Waals surface area contributed by atoms with Crippen LogP contribution < -0.4 is 0 Å². The molecule has 0 spiro atoms. The number of carbonyl (C=O) groups excluding carboxylic acids is 1. The number of nitrogens with zero attached hydrogens (tertiary/aromatic N) is 1. The topological polar surface area (TPSA) is 29.5 Å². The molecule has 1 rings (SSSR count). The molecule has 0 unspecified atom stereocenters. The summed E-state index contributed by atoms with van der Waals surface area (Å²) in [4.78, 5) is 14.2. The van der Waals surface area contributed by atoms with Gasteiger partial charge in [0.25, 0.3) is 0 Å². The highest BCUT2D eigenvalue weighted by atomic mass is 16.6. The Morgan fingerprint density at radius 3 is 2.26 bits per heavy atom. The molecule has 1 heterocycles. The molecule has 1 aliphatic rings. The predicted octanol–water partition coefficient (Wildman–Crippen LogP) is 3.76. The molecular weight excluding hydrogens is 238 g/mol. The average molecular weight is 269 g/mol. The number of hydrogen-bond acceptors (Lipinski definition) is 3. The molecule has 0 aromatic rings. The third-order valence-electron chi connectivity index (χ3n) is 4.20. The highest BCUT2D eigenvalue weighted by molar-refractivity contribution is 5.69. The van der Waals surface area contributed by atoms with Crippen LogP contribution in [0.1, 0.15) is 72.1 Å². The van der Waals surface area contributed by atoms with Crippen LogP contribution >= 0.6 is 0 Å². The van der Waals surface area contributed by atoms with Crippen molar-refractivity contribution >= 4 is 5.97 Å². The van der Waals surface area contributed by atoms with E-state index < -0.39 is 0 Å². The van der Waals surface area contributed by atoms with E-state index in [9.17, 15) is 4.79 Å². The van der Waals surface area contributed by atoms with E-state index in [0.717, 1.165) is 38.8 Å². The third-order valence-corrected chi connectivity index (χ3v) is 4.20. The van der Waals surface area contributed by atoms with Gasteiger partial charge in [0.2, 0.25) is 0 Å². The summed E-state index contributed by atoms with van der Waals surface area (Å²) in [5.74, 6) is -0.0295. The van der Waals surface area contributed by atoms with E-state index in [4.69, 9.17) is 4.74 Å². The highest BCUT2D eigenvalue weighted by Crippen LogP contribution is 2.32. The van der Waals surface area contributed by atoms with Crippen LogP contribution in [0.2, 0.25) is 0 Å². The first kappa shape index (κ1) is 16.5. The molecule has 0 aromatic carbocycles. The molecule has 0 bridgehead atoms. The molecule has 19 heavy (non-hydrogen) atoms. The van der Waals surface area contributed by atoms with Crippen LogP contribution in [0, 0.1) is 0 Å². The van der Waals surface area contributed by atoms with Crippen molar-refractivity contribution in [1.29, 1.82) is 0 Å². The molecule has 0 amide bonds. The molecule has 0 saturated carbocycles. The number of piperidine rings is 1. The Labute approximate surface area is 118 Å². The molecule has 0 atom stereocenters. The van der Waals surface area contributed by atoms with Gasteiger partial charge in [-0.2, -0.15) is 0 Å². The maximum Gasteiger partial charge on any atom is 0.306 e. The molecule has 1 aliphatic heterocycles. The zero-order valence-corrected chi connectivity index (χ0v) is 13.0. The van der Waals surface area contributed by atoms with Gasteiger partial charge >= 0.3 is 5.97 Å². The summed E-state index contributed by atoms with van der Waals surface area (Å²) in [7, 11) is 0. The quantitative estimate of drug-likeness (QED) is 0.628. The summed E-state index contributed by atoms with van der Waals surface area (Å²) in [6, 6.07) is 0. The van der Waals surface area contributed by atoms with Crippen LogP contribution in [0.4, 0.5) is 0 Å². The number of likely N-dealkylation sites (tertiary alicyclic amines) is 1. The fourth-order valence-electron chi connectivity index (χ4n) is 2.78. The zero-order valence-electron chi connectivity index (χ0n) is 13.0. The molecule has 0 N–H and O–H groups in total. The summed E-state index contributed by atoms with van der Waals surface area (Å²) in [6.45, 7) is 9.68. The Kier molecular flexibility index (Phi) is 7.44. The van der Waals surface area contributed by atoms with Crippen LogP contribution in [-0.2, 0) is 9.53 Å². The number of hydrogen-bond donors (Lipinski definition) is 0. The Bertz CT molecular complexity index is 257. The van der Waals surface area contributed by atoms with E-state index in [1.54, 1.807) is 0 Å². The lowest BCUT2D eigenvalue weighted by Crippen LogP contribution is -2.47. The average Bonchev–Trinajstić information content (AvgIpc) is 2.44. The van der Waals surface area contributed by atoms with Crippen molar-refractivity contribution in [2.24, 2.45) is 0 Å². The smallest absolute Gasteiger partial charge is 0.306 e. The van der Waals surface area contributed by atoms with Crippen molar-refractivity contribution in [3.8, 4) is 0 Å². The van der Waals surface area contributed by atoms with Gasteiger partial charge in [-0.1, -0.05) is 33.6 Å². The molecule has 0 aliphatic carbocycles. The summed E-state index contributed by atoms with van der Waals surface area (Å²) in [5.41, 5.74) is -0.161. The first-order valence-electron chi connectivity index (χ1n) is 8.10. The monoisotopic (exact) mass is 269 g/mol. The minimum absolute atomic E-state index is 0.0295. The van der Waals surface area contributed by atoms with E-state index in [1.807, 2.05) is 6.92 Å². The number of ether oxygens (including phenoxy) is 1. The largest absolute Gasteiger partial charge is 0.459 e. The lowest BCUT2D eigenvalue weighted by atomic mass is 9.86. The van der Waals surface area contributed by atoms with Crippen molar-refractivity contribution in [1.82, 2.24) is 4.90 Å². The lowest BCUT2D eigenvalue weighted by Gasteiger charge is -2.41. The predicted molar refractivity (Wildman–Crippen MR) is 79.2 cm³/mol. The Balaban J connectivity index is 2.50.